The molecule has 8 heteroatoms. The molecule has 0 heterocycles. The molecule has 154 valence electrons. The van der Waals surface area contributed by atoms with E-state index >= 15 is 0 Å². The second-order valence-corrected chi connectivity index (χ2v) is 6.92. The fourth-order valence-corrected chi connectivity index (χ4v) is 2.80. The van der Waals surface area contributed by atoms with Crippen LogP contribution in [0.2, 0.25) is 5.02 Å². The third-order valence-corrected chi connectivity index (χ3v) is 4.25. The largest absolute Gasteiger partial charge is 0.452 e. The molecule has 0 aliphatic carbocycles. The maximum atomic E-state index is 13.0. The summed E-state index contributed by atoms with van der Waals surface area (Å²) in [6.45, 7) is 3.43. The summed E-state index contributed by atoms with van der Waals surface area (Å²) in [4.78, 5) is 36.7. The number of hydrogen-bond donors (Lipinski definition) is 2. The molecule has 1 atom stereocenters. The van der Waals surface area contributed by atoms with Gasteiger partial charge in [0, 0.05) is 16.6 Å². The van der Waals surface area contributed by atoms with Crippen LogP contribution in [0.3, 0.4) is 0 Å². The lowest BCUT2D eigenvalue weighted by molar-refractivity contribution is -0.124. The zero-order valence-electron chi connectivity index (χ0n) is 16.1. The Hall–Kier alpha value is -2.93. The fourth-order valence-electron chi connectivity index (χ4n) is 2.62. The molecule has 2 amide bonds. The van der Waals surface area contributed by atoms with Crippen LogP contribution >= 0.6 is 11.6 Å². The molecular weight excluding hydrogens is 399 g/mol. The number of anilines is 1. The second-order valence-electron chi connectivity index (χ2n) is 6.48. The topological polar surface area (TPSA) is 84.5 Å². The van der Waals surface area contributed by atoms with Crippen LogP contribution in [0, 0.1) is 5.82 Å². The first-order valence-corrected chi connectivity index (χ1v) is 9.51. The van der Waals surface area contributed by atoms with Crippen molar-refractivity contribution in [2.45, 2.75) is 32.7 Å². The van der Waals surface area contributed by atoms with Gasteiger partial charge in [0.25, 0.3) is 11.8 Å². The predicted octanol–water partition coefficient (Wildman–Crippen LogP) is 4.19. The summed E-state index contributed by atoms with van der Waals surface area (Å²) in [5, 5.41) is 5.58. The lowest BCUT2D eigenvalue weighted by Crippen LogP contribution is -2.35. The molecule has 6 nitrogen and oxygen atoms in total. The molecule has 2 N–H and O–H groups in total. The minimum absolute atomic E-state index is 0.0210. The molecule has 0 spiro atoms. The third kappa shape index (κ3) is 6.87. The zero-order valence-corrected chi connectivity index (χ0v) is 16.9. The molecule has 0 bridgehead atoms. The average molecular weight is 421 g/mol. The van der Waals surface area contributed by atoms with Crippen LogP contribution in [0.25, 0.3) is 0 Å². The van der Waals surface area contributed by atoms with E-state index in [0.29, 0.717) is 5.02 Å². The van der Waals surface area contributed by atoms with E-state index in [1.54, 1.807) is 0 Å². The average Bonchev–Trinajstić information content (AvgIpc) is 2.67. The highest BCUT2D eigenvalue weighted by atomic mass is 35.5. The highest BCUT2D eigenvalue weighted by Crippen LogP contribution is 2.23. The van der Waals surface area contributed by atoms with Crippen molar-refractivity contribution in [2.75, 3.05) is 11.9 Å². The van der Waals surface area contributed by atoms with E-state index in [2.05, 4.69) is 10.6 Å². The summed E-state index contributed by atoms with van der Waals surface area (Å²) in [5.74, 6) is -2.22. The van der Waals surface area contributed by atoms with Gasteiger partial charge in [0.15, 0.2) is 6.61 Å². The van der Waals surface area contributed by atoms with Gasteiger partial charge in [-0.2, -0.15) is 0 Å². The molecule has 0 aliphatic rings. The second kappa shape index (κ2) is 10.6. The van der Waals surface area contributed by atoms with E-state index in [4.69, 9.17) is 16.3 Å². The molecule has 0 radical (unpaired) electrons. The number of halogens is 2. The van der Waals surface area contributed by atoms with Crippen molar-refractivity contribution >= 4 is 35.1 Å². The number of hydrogen-bond acceptors (Lipinski definition) is 4. The quantitative estimate of drug-likeness (QED) is 0.627. The molecular formula is C21H22ClFN2O4. The summed E-state index contributed by atoms with van der Waals surface area (Å²) in [7, 11) is 0. The summed E-state index contributed by atoms with van der Waals surface area (Å²) >= 11 is 5.97. The van der Waals surface area contributed by atoms with Crippen LogP contribution in [0.5, 0.6) is 0 Å². The molecule has 0 saturated heterocycles. The number of amides is 2. The van der Waals surface area contributed by atoms with E-state index in [0.717, 1.165) is 25.0 Å². The fraction of sp³-hybridized carbons (Fsp3) is 0.286. The van der Waals surface area contributed by atoms with E-state index < -0.39 is 30.2 Å². The molecule has 2 aromatic rings. The maximum Gasteiger partial charge on any atom is 0.340 e. The monoisotopic (exact) mass is 420 g/mol. The van der Waals surface area contributed by atoms with Gasteiger partial charge in [0.1, 0.15) is 5.82 Å². The molecule has 0 unspecified atom stereocenters. The van der Waals surface area contributed by atoms with Crippen LogP contribution in [-0.4, -0.2) is 30.4 Å². The van der Waals surface area contributed by atoms with Crippen LogP contribution in [0.1, 0.15) is 47.4 Å². The standard InChI is InChI=1S/C21H22ClFN2O4/c1-3-4-13(2)24-19(26)12-29-21(28)17-10-7-15(22)11-18(17)25-20(27)14-5-8-16(23)9-6-14/h5-11,13H,3-4,12H2,1-2H3,(H,24,26)(H,25,27)/t13-/m1/s1. The normalized spacial score (nSPS) is 11.4. The Morgan fingerprint density at radius 1 is 1.14 bits per heavy atom. The van der Waals surface area contributed by atoms with Gasteiger partial charge in [-0.3, -0.25) is 9.59 Å². The van der Waals surface area contributed by atoms with Crippen LogP contribution in [-0.2, 0) is 9.53 Å². The Balaban J connectivity index is 2.07. The minimum Gasteiger partial charge on any atom is -0.452 e. The SMILES string of the molecule is CCC[C@@H](C)NC(=O)COC(=O)c1ccc(Cl)cc1NC(=O)c1ccc(F)cc1. The molecule has 29 heavy (non-hydrogen) atoms. The number of carbonyl (C=O) groups is 3. The number of rotatable bonds is 8. The van der Waals surface area contributed by atoms with Crippen molar-refractivity contribution in [2.24, 2.45) is 0 Å². The third-order valence-electron chi connectivity index (χ3n) is 4.02. The predicted molar refractivity (Wildman–Crippen MR) is 109 cm³/mol. The molecule has 2 rings (SSSR count). The lowest BCUT2D eigenvalue weighted by Gasteiger charge is -2.14. The van der Waals surface area contributed by atoms with Crippen molar-refractivity contribution in [3.63, 3.8) is 0 Å². The van der Waals surface area contributed by atoms with Gasteiger partial charge >= 0.3 is 5.97 Å². The van der Waals surface area contributed by atoms with Gasteiger partial charge in [-0.25, -0.2) is 9.18 Å². The first-order chi connectivity index (χ1) is 13.8. The maximum absolute atomic E-state index is 13.0. The van der Waals surface area contributed by atoms with Crippen molar-refractivity contribution in [3.05, 3.63) is 64.4 Å². The Bertz CT molecular complexity index is 887. The van der Waals surface area contributed by atoms with Crippen molar-refractivity contribution in [1.29, 1.82) is 0 Å². The number of carbonyl (C=O) groups excluding carboxylic acids is 3. The van der Waals surface area contributed by atoms with Crippen LogP contribution in [0.15, 0.2) is 42.5 Å². The first kappa shape index (κ1) is 22.4. The lowest BCUT2D eigenvalue weighted by atomic mass is 10.1. The van der Waals surface area contributed by atoms with Gasteiger partial charge in [0.2, 0.25) is 0 Å². The minimum atomic E-state index is -0.783. The van der Waals surface area contributed by atoms with Gasteiger partial charge in [-0.15, -0.1) is 0 Å². The van der Waals surface area contributed by atoms with Gasteiger partial charge < -0.3 is 15.4 Å². The highest BCUT2D eigenvalue weighted by molar-refractivity contribution is 6.31. The van der Waals surface area contributed by atoms with Crippen molar-refractivity contribution < 1.29 is 23.5 Å². The Kier molecular flexibility index (Phi) is 8.15. The van der Waals surface area contributed by atoms with Gasteiger partial charge in [0.05, 0.1) is 11.3 Å². The summed E-state index contributed by atoms with van der Waals surface area (Å²) in [6, 6.07) is 9.16. The molecule has 0 saturated carbocycles. The van der Waals surface area contributed by atoms with E-state index in [1.165, 1.54) is 30.3 Å². The zero-order chi connectivity index (χ0) is 21.4. The Morgan fingerprint density at radius 2 is 1.83 bits per heavy atom. The Morgan fingerprint density at radius 3 is 2.48 bits per heavy atom. The van der Waals surface area contributed by atoms with Crippen LogP contribution < -0.4 is 10.6 Å². The van der Waals surface area contributed by atoms with E-state index in [-0.39, 0.29) is 22.9 Å². The smallest absolute Gasteiger partial charge is 0.340 e. The highest BCUT2D eigenvalue weighted by Gasteiger charge is 2.18. The molecule has 0 fully saturated rings. The van der Waals surface area contributed by atoms with E-state index in [1.807, 2.05) is 13.8 Å². The van der Waals surface area contributed by atoms with Crippen LogP contribution in [0.4, 0.5) is 10.1 Å². The number of ether oxygens (including phenoxy) is 1. The number of nitrogens with one attached hydrogen (secondary N) is 2. The first-order valence-electron chi connectivity index (χ1n) is 9.13. The summed E-state index contributed by atoms with van der Waals surface area (Å²) in [5.41, 5.74) is 0.367. The molecule has 0 aliphatic heterocycles. The van der Waals surface area contributed by atoms with Gasteiger partial charge in [-0.05, 0) is 55.8 Å². The van der Waals surface area contributed by atoms with Crippen molar-refractivity contribution in [3.8, 4) is 0 Å². The number of benzene rings is 2. The molecule has 2 aromatic carbocycles. The van der Waals surface area contributed by atoms with Gasteiger partial charge in [-0.1, -0.05) is 24.9 Å². The summed E-state index contributed by atoms with van der Waals surface area (Å²) in [6.07, 6.45) is 1.74. The van der Waals surface area contributed by atoms with E-state index in [9.17, 15) is 18.8 Å². The summed E-state index contributed by atoms with van der Waals surface area (Å²) < 4.78 is 18.1. The number of esters is 1. The molecule has 0 aromatic heterocycles. The van der Waals surface area contributed by atoms with Crippen molar-refractivity contribution in [1.82, 2.24) is 5.32 Å². The Labute approximate surface area is 173 Å².